The van der Waals surface area contributed by atoms with Crippen LogP contribution in [0.1, 0.15) is 29.2 Å². The van der Waals surface area contributed by atoms with E-state index in [-0.39, 0.29) is 17.7 Å². The predicted molar refractivity (Wildman–Crippen MR) is 130 cm³/mol. The Bertz CT molecular complexity index is 1360. The number of phenols is 1. The minimum Gasteiger partial charge on any atom is -0.504 e. The van der Waals surface area contributed by atoms with Gasteiger partial charge in [0.25, 0.3) is 5.91 Å². The molecule has 3 aromatic carbocycles. The van der Waals surface area contributed by atoms with Crippen LogP contribution >= 0.6 is 11.8 Å². The van der Waals surface area contributed by atoms with Crippen LogP contribution in [0.3, 0.4) is 0 Å². The first kappa shape index (κ1) is 20.7. The second-order valence-corrected chi connectivity index (χ2v) is 9.39. The van der Waals surface area contributed by atoms with Crippen LogP contribution in [0.5, 0.6) is 17.2 Å². The van der Waals surface area contributed by atoms with Crippen LogP contribution in [0.25, 0.3) is 6.08 Å². The van der Waals surface area contributed by atoms with Crippen LogP contribution in [0, 0.1) is 0 Å². The van der Waals surface area contributed by atoms with Crippen LogP contribution < -0.4 is 14.8 Å². The number of thioether (sulfide) groups is 1. The normalized spacial score (nSPS) is 23.9. The number of benzene rings is 3. The Kier molecular flexibility index (Phi) is 4.77. The van der Waals surface area contributed by atoms with Gasteiger partial charge in [0.2, 0.25) is 0 Å². The topological polar surface area (TPSA) is 83.4 Å². The van der Waals surface area contributed by atoms with Gasteiger partial charge in [0.15, 0.2) is 11.5 Å². The Labute approximate surface area is 200 Å². The summed E-state index contributed by atoms with van der Waals surface area (Å²) in [6.07, 6.45) is 2.46. The number of ether oxygens (including phenoxy) is 2. The first-order valence-electron chi connectivity index (χ1n) is 10.9. The number of hydrazone groups is 1. The maximum absolute atomic E-state index is 13.1. The van der Waals surface area contributed by atoms with E-state index >= 15 is 0 Å². The third kappa shape index (κ3) is 3.30. The van der Waals surface area contributed by atoms with Crippen molar-refractivity contribution in [3.05, 3.63) is 94.4 Å². The fraction of sp³-hybridized carbons (Fsp3) is 0.154. The fourth-order valence-corrected chi connectivity index (χ4v) is 5.65. The molecule has 3 heterocycles. The van der Waals surface area contributed by atoms with Gasteiger partial charge in [-0.05, 0) is 47.2 Å². The number of nitrogens with zero attached hydrogens (tertiary/aromatic N) is 2. The molecule has 1 amide bonds. The van der Waals surface area contributed by atoms with Gasteiger partial charge in [-0.3, -0.25) is 10.1 Å². The largest absolute Gasteiger partial charge is 0.504 e. The first-order chi connectivity index (χ1) is 16.6. The van der Waals surface area contributed by atoms with E-state index in [2.05, 4.69) is 5.32 Å². The molecule has 0 radical (unpaired) electrons. The van der Waals surface area contributed by atoms with Crippen molar-refractivity contribution in [2.75, 3.05) is 7.11 Å². The maximum atomic E-state index is 13.1. The van der Waals surface area contributed by atoms with Gasteiger partial charge in [-0.15, -0.1) is 0 Å². The summed E-state index contributed by atoms with van der Waals surface area (Å²) in [5.41, 5.74) is 3.76. The van der Waals surface area contributed by atoms with E-state index in [9.17, 15) is 9.90 Å². The quantitative estimate of drug-likeness (QED) is 0.549. The number of hydrogen-bond acceptors (Lipinski definition) is 7. The highest BCUT2D eigenvalue weighted by Crippen LogP contribution is 2.53. The van der Waals surface area contributed by atoms with Gasteiger partial charge in [-0.25, -0.2) is 5.01 Å². The number of carbonyl (C=O) groups excluding carboxylic acids is 1. The van der Waals surface area contributed by atoms with Gasteiger partial charge >= 0.3 is 5.18 Å². The lowest BCUT2D eigenvalue weighted by Crippen LogP contribution is -2.58. The van der Waals surface area contributed by atoms with Crippen molar-refractivity contribution >= 4 is 29.5 Å². The van der Waals surface area contributed by atoms with E-state index in [0.717, 1.165) is 28.2 Å². The third-order valence-electron chi connectivity index (χ3n) is 6.09. The Morgan fingerprint density at radius 2 is 1.97 bits per heavy atom. The molecule has 0 unspecified atom stereocenters. The van der Waals surface area contributed by atoms with Crippen molar-refractivity contribution in [2.45, 2.75) is 17.6 Å². The first-order valence-corrected chi connectivity index (χ1v) is 11.7. The number of nitrogens with one attached hydrogen (secondary N) is 1. The van der Waals surface area contributed by atoms with Gasteiger partial charge in [0.1, 0.15) is 5.75 Å². The molecule has 8 heteroatoms. The molecule has 3 aliphatic heterocycles. The Balaban J connectivity index is 1.41. The molecule has 1 saturated heterocycles. The number of para-hydroxylation sites is 1. The summed E-state index contributed by atoms with van der Waals surface area (Å²) in [5.74, 6) is 0.860. The highest BCUT2D eigenvalue weighted by Gasteiger charge is 2.57. The number of methoxy groups -OCH3 is 1. The SMILES string of the molecule is COc1cc(/C=C2\S[C@]3(NC2=O)Oc2ccccc2[C@@H]2CC(c4ccccc4)=NN23)ccc1O. The van der Waals surface area contributed by atoms with E-state index in [0.29, 0.717) is 17.1 Å². The Morgan fingerprint density at radius 1 is 1.18 bits per heavy atom. The second-order valence-electron chi connectivity index (χ2n) is 8.19. The summed E-state index contributed by atoms with van der Waals surface area (Å²) in [5, 5.41) is 18.5. The molecule has 1 fully saturated rings. The molecule has 3 aromatic rings. The van der Waals surface area contributed by atoms with E-state index in [1.165, 1.54) is 18.9 Å². The van der Waals surface area contributed by atoms with Gasteiger partial charge in [-0.2, -0.15) is 5.10 Å². The summed E-state index contributed by atoms with van der Waals surface area (Å²) in [6, 6.07) is 22.8. The average molecular weight is 472 g/mol. The van der Waals surface area contributed by atoms with Crippen LogP contribution in [0.15, 0.2) is 82.8 Å². The molecule has 0 aliphatic carbocycles. The van der Waals surface area contributed by atoms with E-state index in [4.69, 9.17) is 14.6 Å². The molecular formula is C26H21N3O4S. The smallest absolute Gasteiger partial charge is 0.336 e. The van der Waals surface area contributed by atoms with Crippen LogP contribution in [0.4, 0.5) is 0 Å². The van der Waals surface area contributed by atoms with Gasteiger partial charge in [-0.1, -0.05) is 54.6 Å². The van der Waals surface area contributed by atoms with Crippen molar-refractivity contribution in [2.24, 2.45) is 5.10 Å². The molecule has 34 heavy (non-hydrogen) atoms. The molecule has 6 rings (SSSR count). The monoisotopic (exact) mass is 471 g/mol. The zero-order chi connectivity index (χ0) is 23.3. The molecule has 2 atom stereocenters. The van der Waals surface area contributed by atoms with E-state index < -0.39 is 5.18 Å². The Hall–Kier alpha value is -3.91. The molecular weight excluding hydrogens is 450 g/mol. The second kappa shape index (κ2) is 7.85. The number of carbonyl (C=O) groups is 1. The Morgan fingerprint density at radius 3 is 2.79 bits per heavy atom. The lowest BCUT2D eigenvalue weighted by Gasteiger charge is -2.43. The molecule has 170 valence electrons. The zero-order valence-electron chi connectivity index (χ0n) is 18.3. The molecule has 0 aromatic heterocycles. The standard InChI is InChI=1S/C26H21N3O4S/c1-32-23-13-16(11-12-21(23)30)14-24-25(31)27-26(34-24)29-20(18-9-5-6-10-22(18)33-26)15-19(28-29)17-7-3-2-4-8-17/h2-14,20,30H,15H2,1H3,(H,27,31)/b24-14-/t20-,26-/m0/s1. The third-order valence-corrected chi connectivity index (χ3v) is 7.26. The molecule has 7 nitrogen and oxygen atoms in total. The molecule has 2 N–H and O–H groups in total. The van der Waals surface area contributed by atoms with Crippen LogP contribution in [-0.4, -0.2) is 34.0 Å². The number of amides is 1. The van der Waals surface area contributed by atoms with E-state index in [1.54, 1.807) is 24.3 Å². The highest BCUT2D eigenvalue weighted by molar-refractivity contribution is 8.05. The number of phenolic OH excluding ortho intramolecular Hbond substituents is 1. The number of hydrogen-bond donors (Lipinski definition) is 2. The maximum Gasteiger partial charge on any atom is 0.336 e. The van der Waals surface area contributed by atoms with Gasteiger partial charge in [0, 0.05) is 12.0 Å². The van der Waals surface area contributed by atoms with Gasteiger partial charge < -0.3 is 14.6 Å². The van der Waals surface area contributed by atoms with Crippen molar-refractivity contribution in [1.29, 1.82) is 0 Å². The van der Waals surface area contributed by atoms with Crippen molar-refractivity contribution in [1.82, 2.24) is 10.3 Å². The highest BCUT2D eigenvalue weighted by atomic mass is 32.2. The minimum atomic E-state index is -1.19. The summed E-state index contributed by atoms with van der Waals surface area (Å²) < 4.78 is 11.6. The summed E-state index contributed by atoms with van der Waals surface area (Å²) in [4.78, 5) is 13.6. The average Bonchev–Trinajstić information content (AvgIpc) is 3.44. The molecule has 0 bridgehead atoms. The summed E-state index contributed by atoms with van der Waals surface area (Å²) >= 11 is 1.29. The van der Waals surface area contributed by atoms with E-state index in [1.807, 2.05) is 59.6 Å². The number of rotatable bonds is 3. The van der Waals surface area contributed by atoms with Crippen LogP contribution in [0.2, 0.25) is 0 Å². The van der Waals surface area contributed by atoms with Crippen LogP contribution in [-0.2, 0) is 4.79 Å². The summed E-state index contributed by atoms with van der Waals surface area (Å²) in [6.45, 7) is 0. The number of aromatic hydroxyl groups is 1. The van der Waals surface area contributed by atoms with Gasteiger partial charge in [0.05, 0.1) is 23.8 Å². The lowest BCUT2D eigenvalue weighted by atomic mass is 9.97. The predicted octanol–water partition coefficient (Wildman–Crippen LogP) is 4.46. The molecule has 0 saturated carbocycles. The van der Waals surface area contributed by atoms with Crippen molar-refractivity contribution in [3.8, 4) is 17.2 Å². The molecule has 3 aliphatic rings. The summed E-state index contributed by atoms with van der Waals surface area (Å²) in [7, 11) is 1.49. The fourth-order valence-electron chi connectivity index (χ4n) is 4.48. The van der Waals surface area contributed by atoms with Crippen molar-refractivity contribution in [3.63, 3.8) is 0 Å². The van der Waals surface area contributed by atoms with Crippen molar-refractivity contribution < 1.29 is 19.4 Å². The zero-order valence-corrected chi connectivity index (χ0v) is 19.1. The lowest BCUT2D eigenvalue weighted by molar-refractivity contribution is -0.127. The molecule has 1 spiro atoms. The number of fused-ring (bicyclic) bond motifs is 4. The minimum absolute atomic E-state index is 0.0413.